The normalized spacial score (nSPS) is 20.7. The van der Waals surface area contributed by atoms with E-state index in [0.29, 0.717) is 0 Å². The molecule has 1 aromatic heterocycles. The maximum Gasteiger partial charge on any atom is 0.186 e. The van der Waals surface area contributed by atoms with E-state index in [1.807, 2.05) is 0 Å². The van der Waals surface area contributed by atoms with E-state index in [1.54, 1.807) is 11.3 Å². The second-order valence-corrected chi connectivity index (χ2v) is 8.51. The number of rotatable bonds is 3. The fourth-order valence-electron chi connectivity index (χ4n) is 3.05. The van der Waals surface area contributed by atoms with Crippen molar-refractivity contribution in [2.75, 3.05) is 18.0 Å². The molecule has 1 atom stereocenters. The highest BCUT2D eigenvalue weighted by Gasteiger charge is 2.26. The van der Waals surface area contributed by atoms with Crippen molar-refractivity contribution >= 4 is 22.8 Å². The van der Waals surface area contributed by atoms with Crippen LogP contribution in [0.1, 0.15) is 69.2 Å². The van der Waals surface area contributed by atoms with Crippen LogP contribution in [0.15, 0.2) is 0 Å². The minimum Gasteiger partial charge on any atom is -0.348 e. The van der Waals surface area contributed by atoms with E-state index in [0.717, 1.165) is 46.9 Å². The van der Waals surface area contributed by atoms with E-state index < -0.39 is 0 Å². The number of aromatic nitrogens is 1. The SMILES string of the molecule is CC(C)C1CCCN(c2nc(C(C)(C)C)c(C=O)s2)CC1. The molecule has 1 aliphatic rings. The third-order valence-corrected chi connectivity index (χ3v) is 5.49. The summed E-state index contributed by atoms with van der Waals surface area (Å²) in [7, 11) is 0. The third-order valence-electron chi connectivity index (χ3n) is 4.45. The molecular weight excluding hydrogens is 280 g/mol. The van der Waals surface area contributed by atoms with Crippen LogP contribution in [0.4, 0.5) is 5.13 Å². The van der Waals surface area contributed by atoms with Gasteiger partial charge in [-0.1, -0.05) is 46.0 Å². The Labute approximate surface area is 132 Å². The van der Waals surface area contributed by atoms with Gasteiger partial charge in [0.05, 0.1) is 10.6 Å². The summed E-state index contributed by atoms with van der Waals surface area (Å²) >= 11 is 1.56. The first kappa shape index (κ1) is 16.5. The van der Waals surface area contributed by atoms with Crippen LogP contribution in [0.5, 0.6) is 0 Å². The fraction of sp³-hybridized carbons (Fsp3) is 0.765. The number of thiazole rings is 1. The van der Waals surface area contributed by atoms with Gasteiger partial charge in [0.25, 0.3) is 0 Å². The first-order chi connectivity index (χ1) is 9.82. The molecule has 1 unspecified atom stereocenters. The Morgan fingerprint density at radius 1 is 1.29 bits per heavy atom. The first-order valence-corrected chi connectivity index (χ1v) is 8.86. The van der Waals surface area contributed by atoms with Crippen LogP contribution >= 0.6 is 11.3 Å². The van der Waals surface area contributed by atoms with Crippen molar-refractivity contribution in [2.24, 2.45) is 11.8 Å². The second kappa shape index (κ2) is 6.47. The molecule has 2 rings (SSSR count). The lowest BCUT2D eigenvalue weighted by Crippen LogP contribution is -2.24. The highest BCUT2D eigenvalue weighted by Crippen LogP contribution is 2.34. The predicted octanol–water partition coefficient (Wildman–Crippen LogP) is 4.52. The van der Waals surface area contributed by atoms with Gasteiger partial charge in [-0.3, -0.25) is 4.79 Å². The summed E-state index contributed by atoms with van der Waals surface area (Å²) in [6.07, 6.45) is 4.74. The van der Waals surface area contributed by atoms with Crippen molar-refractivity contribution in [3.8, 4) is 0 Å². The molecule has 0 saturated carbocycles. The summed E-state index contributed by atoms with van der Waals surface area (Å²) in [6, 6.07) is 0. The Morgan fingerprint density at radius 3 is 2.52 bits per heavy atom. The van der Waals surface area contributed by atoms with Crippen LogP contribution in [0.2, 0.25) is 0 Å². The van der Waals surface area contributed by atoms with Gasteiger partial charge in [-0.2, -0.15) is 0 Å². The Morgan fingerprint density at radius 2 is 2.00 bits per heavy atom. The Bertz CT molecular complexity index is 487. The second-order valence-electron chi connectivity index (χ2n) is 7.50. The molecule has 1 aliphatic heterocycles. The average molecular weight is 308 g/mol. The number of aldehydes is 1. The average Bonchev–Trinajstić information content (AvgIpc) is 2.69. The molecule has 0 bridgehead atoms. The van der Waals surface area contributed by atoms with Gasteiger partial charge in [-0.25, -0.2) is 4.98 Å². The zero-order valence-corrected chi connectivity index (χ0v) is 14.8. The predicted molar refractivity (Wildman–Crippen MR) is 90.6 cm³/mol. The lowest BCUT2D eigenvalue weighted by atomic mass is 9.89. The van der Waals surface area contributed by atoms with E-state index in [-0.39, 0.29) is 5.41 Å². The molecule has 0 radical (unpaired) electrons. The molecule has 2 heterocycles. The molecule has 1 fully saturated rings. The molecule has 0 aromatic carbocycles. The lowest BCUT2D eigenvalue weighted by molar-refractivity contribution is 0.112. The Balaban J connectivity index is 2.19. The Hall–Kier alpha value is -0.900. The van der Waals surface area contributed by atoms with Gasteiger partial charge in [-0.05, 0) is 31.1 Å². The molecule has 0 aliphatic carbocycles. The number of anilines is 1. The summed E-state index contributed by atoms with van der Waals surface area (Å²) in [5, 5.41) is 1.03. The fourth-order valence-corrected chi connectivity index (χ4v) is 4.19. The van der Waals surface area contributed by atoms with Crippen LogP contribution in [0, 0.1) is 11.8 Å². The topological polar surface area (TPSA) is 33.2 Å². The van der Waals surface area contributed by atoms with Gasteiger partial charge in [0.2, 0.25) is 0 Å². The van der Waals surface area contributed by atoms with Crippen LogP contribution in [0.3, 0.4) is 0 Å². The largest absolute Gasteiger partial charge is 0.348 e. The molecule has 21 heavy (non-hydrogen) atoms. The summed E-state index contributed by atoms with van der Waals surface area (Å²) in [5.41, 5.74) is 0.874. The van der Waals surface area contributed by atoms with Crippen molar-refractivity contribution in [2.45, 2.75) is 59.3 Å². The van der Waals surface area contributed by atoms with Gasteiger partial charge >= 0.3 is 0 Å². The summed E-state index contributed by atoms with van der Waals surface area (Å²) in [4.78, 5) is 19.3. The van der Waals surface area contributed by atoms with Gasteiger partial charge in [0, 0.05) is 18.5 Å². The van der Waals surface area contributed by atoms with Gasteiger partial charge in [0.15, 0.2) is 11.4 Å². The van der Waals surface area contributed by atoms with Crippen LogP contribution in [-0.2, 0) is 5.41 Å². The van der Waals surface area contributed by atoms with E-state index >= 15 is 0 Å². The van der Waals surface area contributed by atoms with Crippen LogP contribution < -0.4 is 4.90 Å². The van der Waals surface area contributed by atoms with Crippen molar-refractivity contribution in [3.05, 3.63) is 10.6 Å². The third kappa shape index (κ3) is 3.85. The molecular formula is C17H28N2OS. The number of hydrogen-bond donors (Lipinski definition) is 0. The zero-order valence-electron chi connectivity index (χ0n) is 14.0. The van der Waals surface area contributed by atoms with E-state index in [9.17, 15) is 4.79 Å². The lowest BCUT2D eigenvalue weighted by Gasteiger charge is -2.21. The molecule has 118 valence electrons. The molecule has 0 spiro atoms. The van der Waals surface area contributed by atoms with Gasteiger partial charge in [-0.15, -0.1) is 0 Å². The van der Waals surface area contributed by atoms with E-state index in [4.69, 9.17) is 4.98 Å². The molecule has 0 N–H and O–H groups in total. The molecule has 1 saturated heterocycles. The number of hydrogen-bond acceptors (Lipinski definition) is 4. The minimum atomic E-state index is -0.0721. The highest BCUT2D eigenvalue weighted by molar-refractivity contribution is 7.17. The van der Waals surface area contributed by atoms with Crippen molar-refractivity contribution in [1.29, 1.82) is 0 Å². The molecule has 0 amide bonds. The number of carbonyl (C=O) groups excluding carboxylic acids is 1. The summed E-state index contributed by atoms with van der Waals surface area (Å²) < 4.78 is 0. The Kier molecular flexibility index (Phi) is 5.07. The molecule has 4 heteroatoms. The van der Waals surface area contributed by atoms with Crippen molar-refractivity contribution < 1.29 is 4.79 Å². The van der Waals surface area contributed by atoms with Crippen LogP contribution in [0.25, 0.3) is 0 Å². The quantitative estimate of drug-likeness (QED) is 0.770. The van der Waals surface area contributed by atoms with Crippen molar-refractivity contribution in [1.82, 2.24) is 4.98 Å². The van der Waals surface area contributed by atoms with Gasteiger partial charge in [0.1, 0.15) is 0 Å². The van der Waals surface area contributed by atoms with E-state index in [2.05, 4.69) is 39.5 Å². The number of nitrogens with zero attached hydrogens (tertiary/aromatic N) is 2. The first-order valence-electron chi connectivity index (χ1n) is 8.04. The smallest absolute Gasteiger partial charge is 0.186 e. The molecule has 3 nitrogen and oxygen atoms in total. The maximum atomic E-state index is 11.3. The summed E-state index contributed by atoms with van der Waals surface area (Å²) in [5.74, 6) is 1.58. The van der Waals surface area contributed by atoms with Crippen molar-refractivity contribution in [3.63, 3.8) is 0 Å². The summed E-state index contributed by atoms with van der Waals surface area (Å²) in [6.45, 7) is 13.1. The minimum absolute atomic E-state index is 0.0721. The monoisotopic (exact) mass is 308 g/mol. The zero-order chi connectivity index (χ0) is 15.6. The highest BCUT2D eigenvalue weighted by atomic mass is 32.1. The molecule has 1 aromatic rings. The van der Waals surface area contributed by atoms with Crippen LogP contribution in [-0.4, -0.2) is 24.4 Å². The standard InChI is InChI=1S/C17H28N2OS/c1-12(2)13-7-6-9-19(10-8-13)16-18-15(17(3,4)5)14(11-20)21-16/h11-13H,6-10H2,1-5H3. The van der Waals surface area contributed by atoms with Gasteiger partial charge < -0.3 is 4.90 Å². The number of carbonyl (C=O) groups is 1. The van der Waals surface area contributed by atoms with E-state index in [1.165, 1.54) is 19.3 Å². The maximum absolute atomic E-state index is 11.3.